The lowest BCUT2D eigenvalue weighted by Gasteiger charge is -2.31. The maximum atomic E-state index is 12.3. The van der Waals surface area contributed by atoms with Crippen molar-refractivity contribution in [2.24, 2.45) is 5.92 Å². The van der Waals surface area contributed by atoms with Crippen LogP contribution in [0.2, 0.25) is 0 Å². The zero-order chi connectivity index (χ0) is 18.9. The van der Waals surface area contributed by atoms with Gasteiger partial charge in [0.1, 0.15) is 0 Å². The molecule has 3 N–H and O–H groups in total. The van der Waals surface area contributed by atoms with Crippen molar-refractivity contribution >= 4 is 49.5 Å². The number of aromatic amines is 1. The average molecular weight is 414 g/mol. The van der Waals surface area contributed by atoms with Gasteiger partial charge in [0.2, 0.25) is 10.0 Å². The Labute approximate surface area is 164 Å². The van der Waals surface area contributed by atoms with E-state index >= 15 is 0 Å². The third-order valence-electron chi connectivity index (χ3n) is 4.99. The molecule has 0 radical (unpaired) electrons. The molecule has 26 heavy (non-hydrogen) atoms. The number of rotatable bonds is 5. The molecule has 0 spiro atoms. The van der Waals surface area contributed by atoms with Crippen molar-refractivity contribution < 1.29 is 8.42 Å². The molecule has 1 aliphatic rings. The van der Waals surface area contributed by atoms with Gasteiger partial charge in [-0.2, -0.15) is 0 Å². The standard InChI is InChI=1S/C18H27N3O2S3/c1-18(2,3)26(22,23)21-13-6-4-12(5-7-13)11-19-14-8-9-16-15(10-14)20-17(24)25-16/h8-10,12-13,19,21H,4-7,11H2,1-3H3,(H,20,24). The van der Waals surface area contributed by atoms with Crippen molar-refractivity contribution in [2.45, 2.75) is 57.2 Å². The Bertz CT molecular complexity index is 917. The van der Waals surface area contributed by atoms with E-state index in [9.17, 15) is 8.42 Å². The number of nitrogens with one attached hydrogen (secondary N) is 3. The highest BCUT2D eigenvalue weighted by Crippen LogP contribution is 2.28. The van der Waals surface area contributed by atoms with Gasteiger partial charge in [-0.25, -0.2) is 13.1 Å². The lowest BCUT2D eigenvalue weighted by Crippen LogP contribution is -2.46. The number of H-pyrrole nitrogens is 1. The summed E-state index contributed by atoms with van der Waals surface area (Å²) in [6.07, 6.45) is 3.87. The highest BCUT2D eigenvalue weighted by atomic mass is 32.2. The highest BCUT2D eigenvalue weighted by Gasteiger charge is 2.32. The van der Waals surface area contributed by atoms with Crippen LogP contribution in [0.25, 0.3) is 10.2 Å². The van der Waals surface area contributed by atoms with Gasteiger partial charge in [-0.05, 0) is 82.8 Å². The first-order chi connectivity index (χ1) is 12.1. The average Bonchev–Trinajstić information content (AvgIpc) is 2.92. The first-order valence-corrected chi connectivity index (χ1v) is 11.7. The van der Waals surface area contributed by atoms with E-state index in [0.29, 0.717) is 5.92 Å². The van der Waals surface area contributed by atoms with Crippen LogP contribution >= 0.6 is 23.6 Å². The van der Waals surface area contributed by atoms with Gasteiger partial charge in [0.25, 0.3) is 0 Å². The van der Waals surface area contributed by atoms with Crippen LogP contribution in [0.4, 0.5) is 5.69 Å². The molecule has 144 valence electrons. The van der Waals surface area contributed by atoms with E-state index < -0.39 is 14.8 Å². The third-order valence-corrected chi connectivity index (χ3v) is 8.46. The lowest BCUT2D eigenvalue weighted by molar-refractivity contribution is 0.322. The maximum absolute atomic E-state index is 12.3. The maximum Gasteiger partial charge on any atom is 0.216 e. The first kappa shape index (κ1) is 19.8. The van der Waals surface area contributed by atoms with Crippen LogP contribution in [-0.4, -0.2) is 30.7 Å². The van der Waals surface area contributed by atoms with E-state index in [1.807, 2.05) is 0 Å². The van der Waals surface area contributed by atoms with Crippen LogP contribution < -0.4 is 10.0 Å². The molecule has 3 rings (SSSR count). The van der Waals surface area contributed by atoms with Crippen molar-refractivity contribution in [3.05, 3.63) is 22.2 Å². The van der Waals surface area contributed by atoms with Crippen molar-refractivity contribution in [2.75, 3.05) is 11.9 Å². The van der Waals surface area contributed by atoms with E-state index in [0.717, 1.165) is 47.4 Å². The Balaban J connectivity index is 1.50. The second kappa shape index (κ2) is 7.58. The molecule has 2 aromatic rings. The number of thiazole rings is 1. The highest BCUT2D eigenvalue weighted by molar-refractivity contribution is 7.90. The molecule has 1 heterocycles. The number of anilines is 1. The summed E-state index contributed by atoms with van der Waals surface area (Å²) < 4.78 is 28.7. The predicted molar refractivity (Wildman–Crippen MR) is 113 cm³/mol. The Morgan fingerprint density at radius 3 is 2.58 bits per heavy atom. The van der Waals surface area contributed by atoms with E-state index in [1.165, 1.54) is 4.70 Å². The molecule has 5 nitrogen and oxygen atoms in total. The Morgan fingerprint density at radius 1 is 1.23 bits per heavy atom. The fourth-order valence-electron chi connectivity index (χ4n) is 3.20. The monoisotopic (exact) mass is 413 g/mol. The minimum atomic E-state index is -3.27. The van der Waals surface area contributed by atoms with Gasteiger partial charge in [-0.15, -0.1) is 11.3 Å². The molecule has 1 fully saturated rings. The summed E-state index contributed by atoms with van der Waals surface area (Å²) in [7, 11) is -3.27. The number of hydrogen-bond acceptors (Lipinski definition) is 5. The minimum absolute atomic E-state index is 0.0673. The van der Waals surface area contributed by atoms with Crippen LogP contribution in [-0.2, 0) is 10.0 Å². The summed E-state index contributed by atoms with van der Waals surface area (Å²) >= 11 is 6.78. The molecular formula is C18H27N3O2S3. The van der Waals surface area contributed by atoms with Gasteiger partial charge >= 0.3 is 0 Å². The fourth-order valence-corrected chi connectivity index (χ4v) is 5.33. The largest absolute Gasteiger partial charge is 0.385 e. The summed E-state index contributed by atoms with van der Waals surface area (Å²) in [5, 5.41) is 3.52. The minimum Gasteiger partial charge on any atom is -0.385 e. The number of aromatic nitrogens is 1. The summed E-state index contributed by atoms with van der Waals surface area (Å²) in [4.78, 5) is 3.20. The summed E-state index contributed by atoms with van der Waals surface area (Å²) in [5.41, 5.74) is 2.17. The van der Waals surface area contributed by atoms with Crippen LogP contribution in [0.5, 0.6) is 0 Å². The molecule has 8 heteroatoms. The van der Waals surface area contributed by atoms with E-state index in [1.54, 1.807) is 32.1 Å². The van der Waals surface area contributed by atoms with Gasteiger partial charge in [-0.3, -0.25) is 0 Å². The van der Waals surface area contributed by atoms with Gasteiger partial charge in [0.15, 0.2) is 3.95 Å². The molecule has 1 aliphatic carbocycles. The zero-order valence-electron chi connectivity index (χ0n) is 15.5. The second-order valence-electron chi connectivity index (χ2n) is 8.06. The smallest absolute Gasteiger partial charge is 0.216 e. The lowest BCUT2D eigenvalue weighted by atomic mass is 9.86. The molecule has 1 aromatic carbocycles. The summed E-state index contributed by atoms with van der Waals surface area (Å²) in [6.45, 7) is 6.12. The molecule has 0 bridgehead atoms. The molecule has 1 saturated carbocycles. The molecule has 0 aliphatic heterocycles. The zero-order valence-corrected chi connectivity index (χ0v) is 17.9. The van der Waals surface area contributed by atoms with Gasteiger partial charge < -0.3 is 10.3 Å². The van der Waals surface area contributed by atoms with Gasteiger partial charge in [0.05, 0.1) is 15.0 Å². The van der Waals surface area contributed by atoms with E-state index in [-0.39, 0.29) is 6.04 Å². The normalized spacial score (nSPS) is 21.8. The predicted octanol–water partition coefficient (Wildman–Crippen LogP) is 4.65. The second-order valence-corrected chi connectivity index (χ2v) is 12.2. The van der Waals surface area contributed by atoms with Crippen molar-refractivity contribution in [3.8, 4) is 0 Å². The summed E-state index contributed by atoms with van der Waals surface area (Å²) in [5.74, 6) is 0.571. The van der Waals surface area contributed by atoms with Crippen LogP contribution in [0.15, 0.2) is 18.2 Å². The van der Waals surface area contributed by atoms with Crippen molar-refractivity contribution in [1.82, 2.24) is 9.71 Å². The Hall–Kier alpha value is -0.960. The van der Waals surface area contributed by atoms with Crippen LogP contribution in [0.1, 0.15) is 46.5 Å². The molecular weight excluding hydrogens is 386 g/mol. The van der Waals surface area contributed by atoms with Crippen LogP contribution in [0.3, 0.4) is 0 Å². The first-order valence-electron chi connectivity index (χ1n) is 9.03. The van der Waals surface area contributed by atoms with Crippen molar-refractivity contribution in [1.29, 1.82) is 0 Å². The number of hydrogen-bond donors (Lipinski definition) is 3. The molecule has 0 saturated heterocycles. The quantitative estimate of drug-likeness (QED) is 0.624. The topological polar surface area (TPSA) is 74.0 Å². The molecule has 1 aromatic heterocycles. The van der Waals surface area contributed by atoms with Gasteiger partial charge in [0, 0.05) is 18.3 Å². The van der Waals surface area contributed by atoms with Gasteiger partial charge in [-0.1, -0.05) is 0 Å². The van der Waals surface area contributed by atoms with Crippen molar-refractivity contribution in [3.63, 3.8) is 0 Å². The Morgan fingerprint density at radius 2 is 1.92 bits per heavy atom. The number of benzene rings is 1. The number of sulfonamides is 1. The fraction of sp³-hybridized carbons (Fsp3) is 0.611. The Kier molecular flexibility index (Phi) is 5.77. The van der Waals surface area contributed by atoms with Crippen LogP contribution in [0, 0.1) is 9.87 Å². The molecule has 0 unspecified atom stereocenters. The molecule has 0 amide bonds. The third kappa shape index (κ3) is 4.65. The number of fused-ring (bicyclic) bond motifs is 1. The van der Waals surface area contributed by atoms with E-state index in [4.69, 9.17) is 12.2 Å². The summed E-state index contributed by atoms with van der Waals surface area (Å²) in [6, 6.07) is 6.35. The molecule has 0 atom stereocenters. The van der Waals surface area contributed by atoms with E-state index in [2.05, 4.69) is 33.2 Å². The SMILES string of the molecule is CC(C)(C)S(=O)(=O)NC1CCC(CNc2ccc3sc(=S)[nH]c3c2)CC1.